The highest BCUT2D eigenvalue weighted by atomic mass is 35.5. The monoisotopic (exact) mass is 459 g/mol. The zero-order valence-corrected chi connectivity index (χ0v) is 17.6. The summed E-state index contributed by atoms with van der Waals surface area (Å²) in [6.07, 6.45) is 2.35. The van der Waals surface area contributed by atoms with E-state index in [9.17, 15) is 13.2 Å². The second kappa shape index (κ2) is 8.80. The molecule has 1 N–H and O–H groups in total. The Morgan fingerprint density at radius 3 is 2.57 bits per heavy atom. The van der Waals surface area contributed by atoms with Gasteiger partial charge in [-0.05, 0) is 43.2 Å². The van der Waals surface area contributed by atoms with Crippen LogP contribution in [0.1, 0.15) is 18.4 Å². The fourth-order valence-electron chi connectivity index (χ4n) is 2.89. The Balaban J connectivity index is 1.73. The van der Waals surface area contributed by atoms with E-state index in [1.54, 1.807) is 18.2 Å². The van der Waals surface area contributed by atoms with Gasteiger partial charge in [0, 0.05) is 17.1 Å². The van der Waals surface area contributed by atoms with E-state index in [-0.39, 0.29) is 11.4 Å². The highest BCUT2D eigenvalue weighted by Gasteiger charge is 2.39. The summed E-state index contributed by atoms with van der Waals surface area (Å²) in [5, 5.41) is 5.00. The first-order valence-corrected chi connectivity index (χ1v) is 10.9. The van der Waals surface area contributed by atoms with Gasteiger partial charge in [-0.1, -0.05) is 46.9 Å². The molecule has 1 aliphatic heterocycles. The number of rotatable bonds is 5. The van der Waals surface area contributed by atoms with Crippen LogP contribution in [0.25, 0.3) is 0 Å². The summed E-state index contributed by atoms with van der Waals surface area (Å²) in [6, 6.07) is 10.0. The first kappa shape index (κ1) is 21.1. The van der Waals surface area contributed by atoms with Gasteiger partial charge in [-0.25, -0.2) is 13.8 Å². The lowest BCUT2D eigenvalue weighted by Gasteiger charge is -2.22. The van der Waals surface area contributed by atoms with Crippen molar-refractivity contribution in [3.8, 4) is 0 Å². The van der Waals surface area contributed by atoms with Crippen molar-refractivity contribution in [2.45, 2.75) is 23.8 Å². The zero-order valence-electron chi connectivity index (χ0n) is 14.5. The van der Waals surface area contributed by atoms with E-state index in [4.69, 9.17) is 34.8 Å². The predicted molar refractivity (Wildman–Crippen MR) is 111 cm³/mol. The number of carbonyl (C=O) groups excluding carboxylic acids is 1. The minimum Gasteiger partial charge on any atom is -0.271 e. The number of carbonyl (C=O) groups is 1. The number of nitrogens with one attached hydrogen (secondary N) is 1. The molecule has 3 rings (SSSR count). The molecule has 1 fully saturated rings. The molecule has 0 aliphatic carbocycles. The molecule has 0 unspecified atom stereocenters. The Morgan fingerprint density at radius 2 is 1.86 bits per heavy atom. The average molecular weight is 461 g/mol. The van der Waals surface area contributed by atoms with E-state index in [0.29, 0.717) is 33.5 Å². The maximum Gasteiger partial charge on any atom is 0.258 e. The molecule has 1 amide bonds. The third-order valence-corrected chi connectivity index (χ3v) is 7.29. The summed E-state index contributed by atoms with van der Waals surface area (Å²) in [5.41, 5.74) is 2.92. The molecule has 0 bridgehead atoms. The normalized spacial score (nSPS) is 17.9. The van der Waals surface area contributed by atoms with E-state index in [2.05, 4.69) is 10.5 Å². The van der Waals surface area contributed by atoms with Crippen molar-refractivity contribution >= 4 is 56.9 Å². The molecular weight excluding hydrogens is 445 g/mol. The van der Waals surface area contributed by atoms with Crippen LogP contribution >= 0.6 is 34.8 Å². The van der Waals surface area contributed by atoms with Crippen LogP contribution in [0.5, 0.6) is 0 Å². The summed E-state index contributed by atoms with van der Waals surface area (Å²) in [4.78, 5) is 12.6. The van der Waals surface area contributed by atoms with E-state index in [1.165, 1.54) is 34.8 Å². The van der Waals surface area contributed by atoms with Gasteiger partial charge in [-0.2, -0.15) is 9.41 Å². The van der Waals surface area contributed by atoms with Crippen molar-refractivity contribution in [2.75, 3.05) is 6.54 Å². The summed E-state index contributed by atoms with van der Waals surface area (Å²) in [6.45, 7) is 0.257. The molecule has 1 atom stereocenters. The van der Waals surface area contributed by atoms with Crippen molar-refractivity contribution < 1.29 is 13.2 Å². The molecule has 0 aromatic heterocycles. The van der Waals surface area contributed by atoms with Crippen LogP contribution in [-0.4, -0.2) is 37.4 Å². The number of hydrogen-bond donors (Lipinski definition) is 1. The zero-order chi connectivity index (χ0) is 20.3. The van der Waals surface area contributed by atoms with Crippen molar-refractivity contribution in [3.05, 3.63) is 63.1 Å². The van der Waals surface area contributed by atoms with Crippen LogP contribution in [0.3, 0.4) is 0 Å². The maximum atomic E-state index is 12.9. The third-order valence-electron chi connectivity index (χ3n) is 4.29. The molecule has 10 heteroatoms. The number of sulfonamides is 1. The van der Waals surface area contributed by atoms with Gasteiger partial charge in [0.05, 0.1) is 21.2 Å². The fraction of sp³-hybridized carbons (Fsp3) is 0.222. The molecular formula is C18H16Cl3N3O3S. The molecule has 0 saturated carbocycles. The molecule has 0 radical (unpaired) electrons. The van der Waals surface area contributed by atoms with Crippen LogP contribution in [-0.2, 0) is 14.8 Å². The van der Waals surface area contributed by atoms with E-state index in [1.807, 2.05) is 0 Å². The number of hydrazone groups is 1. The Kier molecular flexibility index (Phi) is 6.62. The molecule has 148 valence electrons. The number of halogens is 3. The number of benzene rings is 2. The second-order valence-electron chi connectivity index (χ2n) is 6.11. The highest BCUT2D eigenvalue weighted by Crippen LogP contribution is 2.27. The topological polar surface area (TPSA) is 78.8 Å². The Labute approximate surface area is 178 Å². The molecule has 1 heterocycles. The molecule has 2 aromatic rings. The second-order valence-corrected chi connectivity index (χ2v) is 9.22. The molecule has 1 saturated heterocycles. The van der Waals surface area contributed by atoms with E-state index < -0.39 is 22.0 Å². The smallest absolute Gasteiger partial charge is 0.258 e. The number of hydrogen-bond acceptors (Lipinski definition) is 4. The molecule has 6 nitrogen and oxygen atoms in total. The molecule has 28 heavy (non-hydrogen) atoms. The van der Waals surface area contributed by atoms with Crippen molar-refractivity contribution in [2.24, 2.45) is 5.10 Å². The van der Waals surface area contributed by atoms with E-state index in [0.717, 1.165) is 0 Å². The van der Waals surface area contributed by atoms with Crippen LogP contribution < -0.4 is 5.43 Å². The van der Waals surface area contributed by atoms with Gasteiger partial charge in [-0.3, -0.25) is 4.79 Å². The van der Waals surface area contributed by atoms with Gasteiger partial charge in [0.1, 0.15) is 6.04 Å². The quantitative estimate of drug-likeness (QED) is 0.542. The van der Waals surface area contributed by atoms with E-state index >= 15 is 0 Å². The van der Waals surface area contributed by atoms with Crippen LogP contribution in [0, 0.1) is 0 Å². The summed E-state index contributed by atoms with van der Waals surface area (Å²) >= 11 is 17.8. The predicted octanol–water partition coefficient (Wildman–Crippen LogP) is 3.95. The van der Waals surface area contributed by atoms with Crippen LogP contribution in [0.4, 0.5) is 0 Å². The van der Waals surface area contributed by atoms with Gasteiger partial charge >= 0.3 is 0 Å². The van der Waals surface area contributed by atoms with Crippen LogP contribution in [0.2, 0.25) is 15.1 Å². The lowest BCUT2D eigenvalue weighted by Crippen LogP contribution is -2.44. The first-order valence-electron chi connectivity index (χ1n) is 8.35. The number of amides is 1. The van der Waals surface area contributed by atoms with Crippen molar-refractivity contribution in [3.63, 3.8) is 0 Å². The van der Waals surface area contributed by atoms with Gasteiger partial charge in [0.15, 0.2) is 0 Å². The van der Waals surface area contributed by atoms with Crippen LogP contribution in [0.15, 0.2) is 52.5 Å². The SMILES string of the molecule is O=C(N/N=C\c1cccc(Cl)c1Cl)[C@H]1CCCN1S(=O)(=O)c1ccc(Cl)cc1. The Bertz CT molecular complexity index is 1010. The minimum atomic E-state index is -3.82. The summed E-state index contributed by atoms with van der Waals surface area (Å²) in [5.74, 6) is -0.510. The summed E-state index contributed by atoms with van der Waals surface area (Å²) in [7, 11) is -3.82. The van der Waals surface area contributed by atoms with Gasteiger partial charge in [-0.15, -0.1) is 0 Å². The highest BCUT2D eigenvalue weighted by molar-refractivity contribution is 7.89. The third kappa shape index (κ3) is 4.50. The van der Waals surface area contributed by atoms with Crippen molar-refractivity contribution in [1.29, 1.82) is 0 Å². The lowest BCUT2D eigenvalue weighted by atomic mass is 10.2. The standard InChI is InChI=1S/C18H16Cl3N3O3S/c19-13-6-8-14(9-7-13)28(26,27)24-10-2-5-16(24)18(25)23-22-11-12-3-1-4-15(20)17(12)21/h1,3-4,6-9,11,16H,2,5,10H2,(H,23,25)/b22-11-/t16-/m1/s1. The molecule has 0 spiro atoms. The maximum absolute atomic E-state index is 12.9. The van der Waals surface area contributed by atoms with Gasteiger partial charge in [0.2, 0.25) is 10.0 Å². The largest absolute Gasteiger partial charge is 0.271 e. The van der Waals surface area contributed by atoms with Gasteiger partial charge < -0.3 is 0 Å². The van der Waals surface area contributed by atoms with Gasteiger partial charge in [0.25, 0.3) is 5.91 Å². The average Bonchev–Trinajstić information content (AvgIpc) is 3.16. The molecule has 1 aliphatic rings. The Morgan fingerprint density at radius 1 is 1.14 bits per heavy atom. The first-order chi connectivity index (χ1) is 13.3. The Hall–Kier alpha value is -1.64. The fourth-order valence-corrected chi connectivity index (χ4v) is 5.03. The lowest BCUT2D eigenvalue weighted by molar-refractivity contribution is -0.124. The summed E-state index contributed by atoms with van der Waals surface area (Å²) < 4.78 is 26.9. The minimum absolute atomic E-state index is 0.0887. The number of nitrogens with zero attached hydrogens (tertiary/aromatic N) is 2. The van der Waals surface area contributed by atoms with Crippen molar-refractivity contribution in [1.82, 2.24) is 9.73 Å². The molecule has 2 aromatic carbocycles.